The van der Waals surface area contributed by atoms with Crippen LogP contribution in [0.25, 0.3) is 10.8 Å². The minimum atomic E-state index is -1.21. The van der Waals surface area contributed by atoms with E-state index >= 15 is 0 Å². The minimum absolute atomic E-state index is 0.122. The summed E-state index contributed by atoms with van der Waals surface area (Å²) < 4.78 is 0. The number of rotatable bonds is 4. The molecule has 0 atom stereocenters. The van der Waals surface area contributed by atoms with Crippen molar-refractivity contribution in [2.24, 2.45) is 0 Å². The summed E-state index contributed by atoms with van der Waals surface area (Å²) in [5, 5.41) is 42.4. The van der Waals surface area contributed by atoms with Gasteiger partial charge in [-0.15, -0.1) is 0 Å². The lowest BCUT2D eigenvalue weighted by atomic mass is 10.0. The zero-order valence-corrected chi connectivity index (χ0v) is 14.8. The Kier molecular flexibility index (Phi) is 6.14. The average Bonchev–Trinajstić information content (AvgIpc) is 2.67. The first-order valence-corrected chi connectivity index (χ1v) is 7.92. The van der Waals surface area contributed by atoms with Crippen LogP contribution in [0.15, 0.2) is 54.6 Å². The summed E-state index contributed by atoms with van der Waals surface area (Å²) in [6.45, 7) is 1.60. The first-order valence-electron chi connectivity index (χ1n) is 7.92. The molecule has 0 aromatic heterocycles. The molecule has 0 aliphatic rings. The van der Waals surface area contributed by atoms with Crippen molar-refractivity contribution in [2.45, 2.75) is 6.92 Å². The van der Waals surface area contributed by atoms with Gasteiger partial charge in [0.15, 0.2) is 5.78 Å². The van der Waals surface area contributed by atoms with Crippen LogP contribution in [-0.4, -0.2) is 25.7 Å². The lowest BCUT2D eigenvalue weighted by Gasteiger charge is -2.01. The molecule has 0 bridgehead atoms. The highest BCUT2D eigenvalue weighted by atomic mass is 16.6. The van der Waals surface area contributed by atoms with Crippen LogP contribution < -0.4 is 0 Å². The van der Waals surface area contributed by atoms with E-state index in [4.69, 9.17) is 5.11 Å². The molecule has 1 N–H and O–H groups in total. The number of aromatic hydroxyl groups is 1. The van der Waals surface area contributed by atoms with Gasteiger partial charge in [0.25, 0.3) is 11.4 Å². The summed E-state index contributed by atoms with van der Waals surface area (Å²) in [4.78, 5) is 39.0. The summed E-state index contributed by atoms with van der Waals surface area (Å²) in [5.74, 6) is -1.09. The van der Waals surface area contributed by atoms with Crippen molar-refractivity contribution in [3.63, 3.8) is 0 Å². The van der Waals surface area contributed by atoms with Gasteiger partial charge >= 0.3 is 11.4 Å². The molecule has 0 unspecified atom stereocenters. The molecular formula is C18H13N3O8. The van der Waals surface area contributed by atoms with Crippen LogP contribution in [0.5, 0.6) is 5.75 Å². The van der Waals surface area contributed by atoms with E-state index in [1.807, 2.05) is 42.5 Å². The van der Waals surface area contributed by atoms with Crippen LogP contribution >= 0.6 is 0 Å². The Morgan fingerprint density at radius 2 is 1.34 bits per heavy atom. The van der Waals surface area contributed by atoms with Gasteiger partial charge in [0.05, 0.1) is 26.9 Å². The third-order valence-electron chi connectivity index (χ3n) is 3.83. The van der Waals surface area contributed by atoms with Crippen LogP contribution in [0, 0.1) is 30.3 Å². The number of nitro groups is 3. The lowest BCUT2D eigenvalue weighted by Crippen LogP contribution is -1.97. The molecule has 0 saturated heterocycles. The predicted molar refractivity (Wildman–Crippen MR) is 102 cm³/mol. The Morgan fingerprint density at radius 1 is 0.828 bits per heavy atom. The maximum absolute atomic E-state index is 11.3. The normalized spacial score (nSPS) is 9.97. The second-order valence-electron chi connectivity index (χ2n) is 5.69. The van der Waals surface area contributed by atoms with E-state index in [1.54, 1.807) is 6.92 Å². The number of carbonyl (C=O) groups is 1. The molecule has 0 fully saturated rings. The molecule has 0 aliphatic carbocycles. The second kappa shape index (κ2) is 8.52. The number of carbonyl (C=O) groups excluding carboxylic acids is 1. The van der Waals surface area contributed by atoms with Gasteiger partial charge in [-0.05, 0) is 17.7 Å². The number of phenolic OH excluding ortho intramolecular Hbond substituents is 1. The van der Waals surface area contributed by atoms with Crippen molar-refractivity contribution < 1.29 is 24.7 Å². The number of nitrogens with zero attached hydrogens (tertiary/aromatic N) is 3. The maximum atomic E-state index is 11.3. The largest absolute Gasteiger partial charge is 0.497 e. The SMILES string of the molecule is CC(=O)c1cccc2ccccc12.O=[N+]([O-])c1cc([N+](=O)[O-])c(O)c([N+](=O)[O-])c1. The molecule has 3 aromatic rings. The van der Waals surface area contributed by atoms with Crippen molar-refractivity contribution in [2.75, 3.05) is 0 Å². The monoisotopic (exact) mass is 399 g/mol. The molecule has 0 heterocycles. The Labute approximate surface area is 162 Å². The summed E-state index contributed by atoms with van der Waals surface area (Å²) in [5.41, 5.74) is -2.20. The fraction of sp³-hybridized carbons (Fsp3) is 0.0556. The number of hydrogen-bond donors (Lipinski definition) is 1. The predicted octanol–water partition coefficient (Wildman–Crippen LogP) is 4.16. The summed E-state index contributed by atoms with van der Waals surface area (Å²) >= 11 is 0. The van der Waals surface area contributed by atoms with Crippen LogP contribution in [0.1, 0.15) is 17.3 Å². The van der Waals surface area contributed by atoms with Crippen LogP contribution in [0.3, 0.4) is 0 Å². The fourth-order valence-corrected chi connectivity index (χ4v) is 2.51. The second-order valence-corrected chi connectivity index (χ2v) is 5.69. The van der Waals surface area contributed by atoms with Gasteiger partial charge in [-0.3, -0.25) is 35.1 Å². The molecule has 0 radical (unpaired) electrons. The van der Waals surface area contributed by atoms with E-state index in [2.05, 4.69) is 0 Å². The molecule has 0 aliphatic heterocycles. The van der Waals surface area contributed by atoms with Gasteiger partial charge in [0.2, 0.25) is 0 Å². The molecule has 3 rings (SSSR count). The van der Waals surface area contributed by atoms with E-state index in [1.165, 1.54) is 0 Å². The highest BCUT2D eigenvalue weighted by Crippen LogP contribution is 2.38. The third-order valence-corrected chi connectivity index (χ3v) is 3.83. The van der Waals surface area contributed by atoms with Gasteiger partial charge in [-0.2, -0.15) is 0 Å². The molecule has 0 saturated carbocycles. The Balaban J connectivity index is 0.000000211. The Bertz CT molecular complexity index is 1100. The number of non-ortho nitro benzene ring substituents is 1. The van der Waals surface area contributed by atoms with Gasteiger partial charge in [-0.1, -0.05) is 42.5 Å². The number of ketones is 1. The molecule has 0 amide bonds. The molecule has 3 aromatic carbocycles. The number of Topliss-reactive ketones (excluding diaryl/α,β-unsaturated/α-hetero) is 1. The van der Waals surface area contributed by atoms with Crippen LogP contribution in [0.2, 0.25) is 0 Å². The average molecular weight is 399 g/mol. The van der Waals surface area contributed by atoms with Crippen molar-refractivity contribution in [3.05, 3.63) is 90.5 Å². The Morgan fingerprint density at radius 3 is 1.83 bits per heavy atom. The molecule has 29 heavy (non-hydrogen) atoms. The first-order chi connectivity index (χ1) is 13.6. The summed E-state index contributed by atoms with van der Waals surface area (Å²) in [6, 6.07) is 14.6. The fourth-order valence-electron chi connectivity index (χ4n) is 2.51. The number of nitro benzene ring substituents is 3. The van der Waals surface area contributed by atoms with E-state index in [0.717, 1.165) is 16.3 Å². The van der Waals surface area contributed by atoms with E-state index < -0.39 is 37.6 Å². The molecule has 0 spiro atoms. The standard InChI is InChI=1S/C12H10O.C6H3N3O7/c1-9(13)11-8-4-6-10-5-2-3-7-12(10)11;10-6-4(8(13)14)1-3(7(11)12)2-5(6)9(15)16/h2-8H,1H3;1-2,10H. The lowest BCUT2D eigenvalue weighted by molar-refractivity contribution is -0.404. The molecular weight excluding hydrogens is 386 g/mol. The highest BCUT2D eigenvalue weighted by Gasteiger charge is 2.30. The summed E-state index contributed by atoms with van der Waals surface area (Å²) in [7, 11) is 0. The highest BCUT2D eigenvalue weighted by molar-refractivity contribution is 6.06. The number of hydrogen-bond acceptors (Lipinski definition) is 8. The molecule has 148 valence electrons. The van der Waals surface area contributed by atoms with Crippen molar-refractivity contribution in [1.82, 2.24) is 0 Å². The first kappa shape index (κ1) is 20.9. The number of fused-ring (bicyclic) bond motifs is 1. The van der Waals surface area contributed by atoms with Gasteiger partial charge in [0.1, 0.15) is 0 Å². The van der Waals surface area contributed by atoms with Crippen LogP contribution in [0.4, 0.5) is 17.1 Å². The van der Waals surface area contributed by atoms with Gasteiger partial charge in [-0.25, -0.2) is 0 Å². The van der Waals surface area contributed by atoms with Crippen LogP contribution in [-0.2, 0) is 0 Å². The van der Waals surface area contributed by atoms with Gasteiger partial charge in [0, 0.05) is 5.56 Å². The van der Waals surface area contributed by atoms with E-state index in [9.17, 15) is 35.1 Å². The number of benzene rings is 3. The maximum Gasteiger partial charge on any atom is 0.324 e. The molecule has 11 nitrogen and oxygen atoms in total. The quantitative estimate of drug-likeness (QED) is 0.387. The minimum Gasteiger partial charge on any atom is -0.497 e. The molecule has 11 heteroatoms. The van der Waals surface area contributed by atoms with Crippen molar-refractivity contribution in [1.29, 1.82) is 0 Å². The van der Waals surface area contributed by atoms with Crippen molar-refractivity contribution >= 4 is 33.6 Å². The number of phenols is 1. The van der Waals surface area contributed by atoms with Crippen molar-refractivity contribution in [3.8, 4) is 5.75 Å². The smallest absolute Gasteiger partial charge is 0.324 e. The topological polar surface area (TPSA) is 167 Å². The van der Waals surface area contributed by atoms with E-state index in [-0.39, 0.29) is 5.78 Å². The van der Waals surface area contributed by atoms with E-state index in [0.29, 0.717) is 12.1 Å². The zero-order valence-electron chi connectivity index (χ0n) is 14.8. The third kappa shape index (κ3) is 4.66. The zero-order chi connectivity index (χ0) is 21.7. The Hall–Kier alpha value is -4.41. The summed E-state index contributed by atoms with van der Waals surface area (Å²) in [6.07, 6.45) is 0. The van der Waals surface area contributed by atoms with Gasteiger partial charge < -0.3 is 5.11 Å².